The summed E-state index contributed by atoms with van der Waals surface area (Å²) in [5, 5.41) is 0. The first kappa shape index (κ1) is 19.5. The van der Waals surface area contributed by atoms with E-state index in [2.05, 4.69) is 24.8 Å². The third-order valence-electron chi connectivity index (χ3n) is 7.06. The first-order chi connectivity index (χ1) is 16.1. The molecule has 3 aromatic rings. The standard InChI is InChI=1S/C22H23F2N7O2/c23-17(24)18-25-15-3-1-2-4-16(15)31(18)21-27-19(29-7-13-5-6-14(8-29)33-13)26-20(28-21)30-9-22(10-30)11-32-12-22/h1-4,13-14,17H,5-12H2. The van der Waals surface area contributed by atoms with Crippen molar-refractivity contribution in [3.63, 3.8) is 0 Å². The summed E-state index contributed by atoms with van der Waals surface area (Å²) < 4.78 is 40.7. The minimum atomic E-state index is -2.76. The molecule has 33 heavy (non-hydrogen) atoms. The number of imidazole rings is 1. The highest BCUT2D eigenvalue weighted by Crippen LogP contribution is 2.40. The molecular formula is C22H23F2N7O2. The van der Waals surface area contributed by atoms with Crippen molar-refractivity contribution in [2.45, 2.75) is 31.5 Å². The van der Waals surface area contributed by atoms with Crippen molar-refractivity contribution in [2.24, 2.45) is 5.41 Å². The van der Waals surface area contributed by atoms with E-state index in [1.165, 1.54) is 4.57 Å². The lowest BCUT2D eigenvalue weighted by Crippen LogP contribution is -2.66. The summed E-state index contributed by atoms with van der Waals surface area (Å²) in [5.74, 6) is 0.806. The molecule has 2 bridgehead atoms. The van der Waals surface area contributed by atoms with E-state index in [4.69, 9.17) is 14.5 Å². The van der Waals surface area contributed by atoms with Crippen LogP contribution in [0.5, 0.6) is 0 Å². The van der Waals surface area contributed by atoms with Gasteiger partial charge in [0.05, 0.1) is 41.9 Å². The average Bonchev–Trinajstić information content (AvgIpc) is 3.31. The van der Waals surface area contributed by atoms with E-state index in [1.807, 2.05) is 0 Å². The topological polar surface area (TPSA) is 81.4 Å². The van der Waals surface area contributed by atoms with Crippen LogP contribution in [0.2, 0.25) is 0 Å². The Morgan fingerprint density at radius 1 is 0.879 bits per heavy atom. The Morgan fingerprint density at radius 3 is 2.21 bits per heavy atom. The second-order valence-corrected chi connectivity index (χ2v) is 9.54. The van der Waals surface area contributed by atoms with E-state index < -0.39 is 6.43 Å². The fourth-order valence-corrected chi connectivity index (χ4v) is 5.38. The summed E-state index contributed by atoms with van der Waals surface area (Å²) >= 11 is 0. The molecule has 11 heteroatoms. The van der Waals surface area contributed by atoms with E-state index in [-0.39, 0.29) is 29.4 Å². The summed E-state index contributed by atoms with van der Waals surface area (Å²) in [6, 6.07) is 7.06. The Hall–Kier alpha value is -2.92. The van der Waals surface area contributed by atoms with E-state index in [0.29, 0.717) is 36.0 Å². The summed E-state index contributed by atoms with van der Waals surface area (Å²) in [4.78, 5) is 22.5. The maximum absolute atomic E-state index is 14.0. The highest BCUT2D eigenvalue weighted by molar-refractivity contribution is 5.77. The van der Waals surface area contributed by atoms with E-state index in [1.54, 1.807) is 24.3 Å². The third kappa shape index (κ3) is 3.09. The first-order valence-electron chi connectivity index (χ1n) is 11.3. The molecule has 7 rings (SSSR count). The number of aromatic nitrogens is 5. The molecule has 4 aliphatic rings. The number of ether oxygens (including phenoxy) is 2. The fourth-order valence-electron chi connectivity index (χ4n) is 5.38. The molecule has 2 aromatic heterocycles. The lowest BCUT2D eigenvalue weighted by molar-refractivity contribution is -0.127. The first-order valence-corrected chi connectivity index (χ1v) is 11.3. The predicted octanol–water partition coefficient (Wildman–Crippen LogP) is 2.35. The summed E-state index contributed by atoms with van der Waals surface area (Å²) in [6.45, 7) is 4.42. The molecule has 0 radical (unpaired) electrons. The number of halogens is 2. The van der Waals surface area contributed by atoms with Gasteiger partial charge in [-0.05, 0) is 25.0 Å². The quantitative estimate of drug-likeness (QED) is 0.593. The zero-order chi connectivity index (χ0) is 22.2. The van der Waals surface area contributed by atoms with Crippen LogP contribution in [0.15, 0.2) is 24.3 Å². The third-order valence-corrected chi connectivity index (χ3v) is 7.06. The number of hydrogen-bond donors (Lipinski definition) is 0. The van der Waals surface area contributed by atoms with E-state index in [0.717, 1.165) is 39.1 Å². The number of hydrogen-bond acceptors (Lipinski definition) is 8. The molecule has 2 atom stereocenters. The number of nitrogens with zero attached hydrogens (tertiary/aromatic N) is 7. The fraction of sp³-hybridized carbons (Fsp3) is 0.545. The van der Waals surface area contributed by atoms with Crippen LogP contribution in [0.4, 0.5) is 20.7 Å². The summed E-state index contributed by atoms with van der Waals surface area (Å²) in [5.41, 5.74) is 1.20. The van der Waals surface area contributed by atoms with Gasteiger partial charge in [-0.3, -0.25) is 4.57 Å². The van der Waals surface area contributed by atoms with Gasteiger partial charge in [0.15, 0.2) is 5.82 Å². The van der Waals surface area contributed by atoms with Crippen LogP contribution in [-0.2, 0) is 9.47 Å². The van der Waals surface area contributed by atoms with Crippen molar-refractivity contribution in [1.82, 2.24) is 24.5 Å². The summed E-state index contributed by atoms with van der Waals surface area (Å²) in [7, 11) is 0. The van der Waals surface area contributed by atoms with Crippen LogP contribution in [0.3, 0.4) is 0 Å². The van der Waals surface area contributed by atoms with Gasteiger partial charge in [-0.1, -0.05) is 12.1 Å². The van der Waals surface area contributed by atoms with Gasteiger partial charge in [0.2, 0.25) is 17.8 Å². The van der Waals surface area contributed by atoms with Crippen LogP contribution < -0.4 is 9.80 Å². The van der Waals surface area contributed by atoms with Crippen LogP contribution >= 0.6 is 0 Å². The zero-order valence-electron chi connectivity index (χ0n) is 17.9. The molecule has 2 unspecified atom stereocenters. The zero-order valence-corrected chi connectivity index (χ0v) is 17.9. The monoisotopic (exact) mass is 455 g/mol. The normalized spacial score (nSPS) is 25.7. The molecule has 9 nitrogen and oxygen atoms in total. The molecular weight excluding hydrogens is 432 g/mol. The molecule has 0 saturated carbocycles. The lowest BCUT2D eigenvalue weighted by Gasteiger charge is -2.54. The number of rotatable bonds is 4. The Morgan fingerprint density at radius 2 is 1.55 bits per heavy atom. The Balaban J connectivity index is 1.35. The van der Waals surface area contributed by atoms with Crippen molar-refractivity contribution < 1.29 is 18.3 Å². The number of para-hydroxylation sites is 2. The summed E-state index contributed by atoms with van der Waals surface area (Å²) in [6.07, 6.45) is -0.431. The largest absolute Gasteiger partial charge is 0.380 e. The number of benzene rings is 1. The van der Waals surface area contributed by atoms with Gasteiger partial charge in [0, 0.05) is 26.2 Å². The SMILES string of the molecule is FC(F)c1nc2ccccc2n1-c1nc(N2CC3CCC(C2)O3)nc(N2CC3(COC3)C2)n1. The van der Waals surface area contributed by atoms with E-state index >= 15 is 0 Å². The highest BCUT2D eigenvalue weighted by atomic mass is 19.3. The smallest absolute Gasteiger partial charge is 0.296 e. The number of fused-ring (bicyclic) bond motifs is 3. The van der Waals surface area contributed by atoms with Gasteiger partial charge in [-0.2, -0.15) is 15.0 Å². The van der Waals surface area contributed by atoms with Gasteiger partial charge >= 0.3 is 0 Å². The molecule has 4 aliphatic heterocycles. The van der Waals surface area contributed by atoms with Crippen molar-refractivity contribution in [2.75, 3.05) is 49.2 Å². The molecule has 4 fully saturated rings. The van der Waals surface area contributed by atoms with Crippen molar-refractivity contribution in [1.29, 1.82) is 0 Å². The predicted molar refractivity (Wildman–Crippen MR) is 115 cm³/mol. The van der Waals surface area contributed by atoms with Crippen LogP contribution in [0, 0.1) is 5.41 Å². The maximum atomic E-state index is 14.0. The molecule has 4 saturated heterocycles. The Kier molecular flexibility index (Phi) is 4.17. The number of anilines is 2. The van der Waals surface area contributed by atoms with Crippen molar-refractivity contribution in [3.05, 3.63) is 30.1 Å². The number of alkyl halides is 2. The molecule has 6 heterocycles. The Labute approximate surface area is 188 Å². The molecule has 0 aliphatic carbocycles. The lowest BCUT2D eigenvalue weighted by atomic mass is 9.78. The van der Waals surface area contributed by atoms with Gasteiger partial charge in [-0.15, -0.1) is 0 Å². The van der Waals surface area contributed by atoms with Gasteiger partial charge < -0.3 is 19.3 Å². The second-order valence-electron chi connectivity index (χ2n) is 9.54. The Bertz CT molecular complexity index is 1210. The molecule has 172 valence electrons. The van der Waals surface area contributed by atoms with Crippen LogP contribution in [0.1, 0.15) is 25.1 Å². The van der Waals surface area contributed by atoms with Crippen LogP contribution in [0.25, 0.3) is 17.0 Å². The van der Waals surface area contributed by atoms with Crippen molar-refractivity contribution in [3.8, 4) is 5.95 Å². The number of morpholine rings is 1. The van der Waals surface area contributed by atoms with Gasteiger partial charge in [-0.25, -0.2) is 13.8 Å². The van der Waals surface area contributed by atoms with E-state index in [9.17, 15) is 8.78 Å². The average molecular weight is 455 g/mol. The van der Waals surface area contributed by atoms with Gasteiger partial charge in [0.25, 0.3) is 6.43 Å². The molecule has 1 aromatic carbocycles. The second kappa shape index (κ2) is 7.04. The minimum absolute atomic E-state index is 0.150. The van der Waals surface area contributed by atoms with Gasteiger partial charge in [0.1, 0.15) is 0 Å². The molecule has 0 N–H and O–H groups in total. The minimum Gasteiger partial charge on any atom is -0.380 e. The maximum Gasteiger partial charge on any atom is 0.296 e. The molecule has 0 amide bonds. The van der Waals surface area contributed by atoms with Crippen LogP contribution in [-0.4, -0.2) is 76.1 Å². The van der Waals surface area contributed by atoms with Crippen molar-refractivity contribution >= 4 is 22.9 Å². The molecule has 1 spiro atoms. The highest BCUT2D eigenvalue weighted by Gasteiger charge is 2.50.